The van der Waals surface area contributed by atoms with Gasteiger partial charge in [0.15, 0.2) is 0 Å². The fourth-order valence-corrected chi connectivity index (χ4v) is 2.57. The van der Waals surface area contributed by atoms with Crippen LogP contribution < -0.4 is 16.4 Å². The standard InChI is InChI=1S/C14H19N3O/c15-10-2-5-12-9(7-10)1-6-13(12)16-8-14(18)17-11-3-4-11/h2,5,7,11,13,16H,1,3-4,6,8,15H2,(H,17,18). The van der Waals surface area contributed by atoms with Gasteiger partial charge in [-0.1, -0.05) is 6.07 Å². The zero-order valence-electron chi connectivity index (χ0n) is 10.4. The Balaban J connectivity index is 1.57. The number of carbonyl (C=O) groups excluding carboxylic acids is 1. The summed E-state index contributed by atoms with van der Waals surface area (Å²) in [6.45, 7) is 0.408. The van der Waals surface area contributed by atoms with E-state index in [1.165, 1.54) is 11.1 Å². The van der Waals surface area contributed by atoms with Gasteiger partial charge < -0.3 is 16.4 Å². The number of benzene rings is 1. The molecule has 3 rings (SSSR count). The summed E-state index contributed by atoms with van der Waals surface area (Å²) in [6, 6.07) is 6.79. The first-order valence-corrected chi connectivity index (χ1v) is 6.63. The largest absolute Gasteiger partial charge is 0.399 e. The molecule has 4 N–H and O–H groups in total. The summed E-state index contributed by atoms with van der Waals surface area (Å²) in [6.07, 6.45) is 4.37. The molecule has 1 unspecified atom stereocenters. The molecule has 0 spiro atoms. The van der Waals surface area contributed by atoms with E-state index in [9.17, 15) is 4.79 Å². The second-order valence-corrected chi connectivity index (χ2v) is 5.27. The van der Waals surface area contributed by atoms with Crippen LogP contribution in [0.5, 0.6) is 0 Å². The molecule has 18 heavy (non-hydrogen) atoms. The third-order valence-corrected chi connectivity index (χ3v) is 3.70. The van der Waals surface area contributed by atoms with Crippen LogP contribution in [0.25, 0.3) is 0 Å². The van der Waals surface area contributed by atoms with Crippen molar-refractivity contribution in [3.8, 4) is 0 Å². The van der Waals surface area contributed by atoms with Crippen molar-refractivity contribution in [3.63, 3.8) is 0 Å². The van der Waals surface area contributed by atoms with E-state index in [0.29, 0.717) is 18.6 Å². The number of nitrogens with two attached hydrogens (primary N) is 1. The van der Waals surface area contributed by atoms with Gasteiger partial charge in [-0.15, -0.1) is 0 Å². The molecular formula is C14H19N3O. The molecule has 0 radical (unpaired) electrons. The van der Waals surface area contributed by atoms with E-state index in [1.54, 1.807) is 0 Å². The lowest BCUT2D eigenvalue weighted by Crippen LogP contribution is -2.36. The summed E-state index contributed by atoms with van der Waals surface area (Å²) in [5.41, 5.74) is 9.21. The van der Waals surface area contributed by atoms with Crippen LogP contribution >= 0.6 is 0 Å². The lowest BCUT2D eigenvalue weighted by Gasteiger charge is -2.14. The van der Waals surface area contributed by atoms with Gasteiger partial charge in [0, 0.05) is 17.8 Å². The minimum atomic E-state index is 0.112. The summed E-state index contributed by atoms with van der Waals surface area (Å²) >= 11 is 0. The Morgan fingerprint density at radius 3 is 2.94 bits per heavy atom. The van der Waals surface area contributed by atoms with Crippen LogP contribution in [0.3, 0.4) is 0 Å². The van der Waals surface area contributed by atoms with Crippen molar-refractivity contribution in [2.45, 2.75) is 37.8 Å². The molecular weight excluding hydrogens is 226 g/mol. The van der Waals surface area contributed by atoms with Gasteiger partial charge in [0.2, 0.25) is 5.91 Å². The molecule has 1 amide bonds. The predicted molar refractivity (Wildman–Crippen MR) is 71.1 cm³/mol. The number of nitrogen functional groups attached to an aromatic ring is 1. The van der Waals surface area contributed by atoms with Crippen molar-refractivity contribution in [1.29, 1.82) is 0 Å². The molecule has 0 heterocycles. The van der Waals surface area contributed by atoms with Crippen LogP contribution in [0.2, 0.25) is 0 Å². The first-order valence-electron chi connectivity index (χ1n) is 6.63. The first-order chi connectivity index (χ1) is 8.72. The summed E-state index contributed by atoms with van der Waals surface area (Å²) in [7, 11) is 0. The van der Waals surface area contributed by atoms with E-state index in [1.807, 2.05) is 12.1 Å². The molecule has 0 bridgehead atoms. The molecule has 4 heteroatoms. The second-order valence-electron chi connectivity index (χ2n) is 5.27. The van der Waals surface area contributed by atoms with Crippen LogP contribution in [0, 0.1) is 0 Å². The van der Waals surface area contributed by atoms with Crippen LogP contribution in [0.15, 0.2) is 18.2 Å². The van der Waals surface area contributed by atoms with E-state index in [-0.39, 0.29) is 5.91 Å². The predicted octanol–water partition coefficient (Wildman–Crippen LogP) is 1.12. The smallest absolute Gasteiger partial charge is 0.234 e. The van der Waals surface area contributed by atoms with E-state index in [4.69, 9.17) is 5.73 Å². The molecule has 1 fully saturated rings. The third-order valence-electron chi connectivity index (χ3n) is 3.70. The normalized spacial score (nSPS) is 21.7. The molecule has 2 aliphatic rings. The fraction of sp³-hybridized carbons (Fsp3) is 0.500. The number of fused-ring (bicyclic) bond motifs is 1. The molecule has 0 aliphatic heterocycles. The van der Waals surface area contributed by atoms with Crippen molar-refractivity contribution in [1.82, 2.24) is 10.6 Å². The Morgan fingerprint density at radius 2 is 2.17 bits per heavy atom. The molecule has 96 valence electrons. The lowest BCUT2D eigenvalue weighted by atomic mass is 10.1. The number of hydrogen-bond acceptors (Lipinski definition) is 3. The van der Waals surface area contributed by atoms with Gasteiger partial charge in [-0.2, -0.15) is 0 Å². The summed E-state index contributed by atoms with van der Waals surface area (Å²) in [4.78, 5) is 11.6. The molecule has 0 aromatic heterocycles. The number of amides is 1. The van der Waals surface area contributed by atoms with Crippen LogP contribution in [-0.4, -0.2) is 18.5 Å². The van der Waals surface area contributed by atoms with Crippen molar-refractivity contribution in [3.05, 3.63) is 29.3 Å². The van der Waals surface area contributed by atoms with Gasteiger partial charge in [-0.3, -0.25) is 4.79 Å². The summed E-state index contributed by atoms with van der Waals surface area (Å²) in [5, 5.41) is 6.33. The number of carbonyl (C=O) groups is 1. The molecule has 0 saturated heterocycles. The molecule has 1 aromatic rings. The van der Waals surface area contributed by atoms with E-state index >= 15 is 0 Å². The number of aryl methyl sites for hydroxylation is 1. The topological polar surface area (TPSA) is 67.1 Å². The highest BCUT2D eigenvalue weighted by atomic mass is 16.2. The van der Waals surface area contributed by atoms with Crippen LogP contribution in [-0.2, 0) is 11.2 Å². The van der Waals surface area contributed by atoms with Crippen molar-refractivity contribution in [2.75, 3.05) is 12.3 Å². The molecule has 1 atom stereocenters. The maximum absolute atomic E-state index is 11.6. The van der Waals surface area contributed by atoms with Gasteiger partial charge in [0.05, 0.1) is 6.54 Å². The number of rotatable bonds is 4. The lowest BCUT2D eigenvalue weighted by molar-refractivity contribution is -0.120. The number of hydrogen-bond donors (Lipinski definition) is 3. The average molecular weight is 245 g/mol. The van der Waals surface area contributed by atoms with Crippen molar-refractivity contribution in [2.24, 2.45) is 0 Å². The Labute approximate surface area is 107 Å². The Kier molecular flexibility index (Phi) is 2.96. The maximum atomic E-state index is 11.6. The Hall–Kier alpha value is -1.55. The zero-order chi connectivity index (χ0) is 12.5. The van der Waals surface area contributed by atoms with Crippen molar-refractivity contribution >= 4 is 11.6 Å². The fourth-order valence-electron chi connectivity index (χ4n) is 2.57. The van der Waals surface area contributed by atoms with E-state index in [2.05, 4.69) is 16.7 Å². The maximum Gasteiger partial charge on any atom is 0.234 e. The number of nitrogens with one attached hydrogen (secondary N) is 2. The molecule has 1 aromatic carbocycles. The molecule has 4 nitrogen and oxygen atoms in total. The van der Waals surface area contributed by atoms with Gasteiger partial charge in [0.25, 0.3) is 0 Å². The minimum absolute atomic E-state index is 0.112. The second kappa shape index (κ2) is 4.61. The summed E-state index contributed by atoms with van der Waals surface area (Å²) in [5.74, 6) is 0.112. The van der Waals surface area contributed by atoms with Gasteiger partial charge >= 0.3 is 0 Å². The first kappa shape index (κ1) is 11.5. The average Bonchev–Trinajstić information content (AvgIpc) is 3.06. The Bertz CT molecular complexity index is 468. The third kappa shape index (κ3) is 2.48. The highest BCUT2D eigenvalue weighted by Gasteiger charge is 2.25. The molecule has 1 saturated carbocycles. The highest BCUT2D eigenvalue weighted by Crippen LogP contribution is 2.32. The van der Waals surface area contributed by atoms with E-state index in [0.717, 1.165) is 31.4 Å². The quantitative estimate of drug-likeness (QED) is 0.696. The summed E-state index contributed by atoms with van der Waals surface area (Å²) < 4.78 is 0. The highest BCUT2D eigenvalue weighted by molar-refractivity contribution is 5.78. The van der Waals surface area contributed by atoms with Gasteiger partial charge in [-0.05, 0) is 48.9 Å². The van der Waals surface area contributed by atoms with Crippen LogP contribution in [0.1, 0.15) is 36.4 Å². The zero-order valence-corrected chi connectivity index (χ0v) is 10.4. The minimum Gasteiger partial charge on any atom is -0.399 e. The molecule has 2 aliphatic carbocycles. The van der Waals surface area contributed by atoms with Crippen LogP contribution in [0.4, 0.5) is 5.69 Å². The monoisotopic (exact) mass is 245 g/mol. The van der Waals surface area contributed by atoms with E-state index < -0.39 is 0 Å². The number of anilines is 1. The Morgan fingerprint density at radius 1 is 1.33 bits per heavy atom. The van der Waals surface area contributed by atoms with Gasteiger partial charge in [0.1, 0.15) is 0 Å². The van der Waals surface area contributed by atoms with Gasteiger partial charge in [-0.25, -0.2) is 0 Å². The SMILES string of the molecule is Nc1ccc2c(c1)CCC2NCC(=O)NC1CC1. The van der Waals surface area contributed by atoms with Crippen molar-refractivity contribution < 1.29 is 4.79 Å².